The summed E-state index contributed by atoms with van der Waals surface area (Å²) < 4.78 is 5.57. The highest BCUT2D eigenvalue weighted by Gasteiger charge is 2.45. The van der Waals surface area contributed by atoms with Crippen molar-refractivity contribution in [1.29, 1.82) is 0 Å². The maximum Gasteiger partial charge on any atom is 0.295 e. The van der Waals surface area contributed by atoms with Crippen LogP contribution in [0.2, 0.25) is 0 Å². The fraction of sp³-hybridized carbons (Fsp3) is 0.407. The first-order chi connectivity index (χ1) is 15.8. The molecule has 0 saturated carbocycles. The Morgan fingerprint density at radius 1 is 1.15 bits per heavy atom. The topological polar surface area (TPSA) is 70.1 Å². The minimum Gasteiger partial charge on any atom is -0.507 e. The number of hydrogen-bond acceptors (Lipinski definition) is 5. The number of rotatable bonds is 7. The molecule has 1 unspecified atom stereocenters. The molecule has 2 aliphatic heterocycles. The van der Waals surface area contributed by atoms with Gasteiger partial charge < -0.3 is 19.6 Å². The van der Waals surface area contributed by atoms with Crippen molar-refractivity contribution in [1.82, 2.24) is 9.80 Å². The van der Waals surface area contributed by atoms with Gasteiger partial charge in [-0.25, -0.2) is 0 Å². The molecule has 6 nitrogen and oxygen atoms in total. The van der Waals surface area contributed by atoms with Crippen molar-refractivity contribution in [2.45, 2.75) is 38.6 Å². The highest BCUT2D eigenvalue weighted by molar-refractivity contribution is 6.46. The number of likely N-dealkylation sites (tertiary alicyclic amines) is 1. The summed E-state index contributed by atoms with van der Waals surface area (Å²) in [7, 11) is 3.96. The van der Waals surface area contributed by atoms with E-state index in [1.165, 1.54) is 5.56 Å². The number of ketones is 1. The summed E-state index contributed by atoms with van der Waals surface area (Å²) in [6, 6.07) is 12.8. The van der Waals surface area contributed by atoms with Crippen LogP contribution in [0, 0.1) is 0 Å². The van der Waals surface area contributed by atoms with E-state index in [4.69, 9.17) is 4.74 Å². The van der Waals surface area contributed by atoms with Crippen molar-refractivity contribution in [3.05, 3.63) is 70.3 Å². The molecule has 0 bridgehead atoms. The zero-order valence-electron chi connectivity index (χ0n) is 19.8. The van der Waals surface area contributed by atoms with Crippen LogP contribution in [0.1, 0.15) is 54.5 Å². The van der Waals surface area contributed by atoms with Gasteiger partial charge in [-0.15, -0.1) is 0 Å². The Hall–Kier alpha value is -3.12. The minimum absolute atomic E-state index is 0.129. The number of fused-ring (bicyclic) bond motifs is 1. The van der Waals surface area contributed by atoms with Gasteiger partial charge in [0.05, 0.1) is 18.2 Å². The third-order valence-electron chi connectivity index (χ3n) is 6.43. The van der Waals surface area contributed by atoms with Crippen molar-refractivity contribution in [3.63, 3.8) is 0 Å². The zero-order valence-corrected chi connectivity index (χ0v) is 19.8. The lowest BCUT2D eigenvalue weighted by Crippen LogP contribution is -2.32. The highest BCUT2D eigenvalue weighted by Crippen LogP contribution is 2.40. The van der Waals surface area contributed by atoms with Gasteiger partial charge in [-0.2, -0.15) is 0 Å². The highest BCUT2D eigenvalue weighted by atomic mass is 16.5. The van der Waals surface area contributed by atoms with E-state index in [9.17, 15) is 14.7 Å². The molecule has 1 fully saturated rings. The lowest BCUT2D eigenvalue weighted by atomic mass is 9.92. The van der Waals surface area contributed by atoms with E-state index in [1.807, 2.05) is 50.5 Å². The standard InChI is InChI=1S/C27H32N2O4/c1-17(2)18-6-8-19(9-7-18)24-23(26(31)27(32)29(24)14-5-13-28(3)4)25(30)21-10-11-22-20(16-21)12-15-33-22/h6-11,16-17,24,30H,5,12-15H2,1-4H3/b25-23-. The van der Waals surface area contributed by atoms with Crippen LogP contribution >= 0.6 is 0 Å². The normalized spacial score (nSPS) is 19.5. The van der Waals surface area contributed by atoms with E-state index in [1.54, 1.807) is 11.0 Å². The van der Waals surface area contributed by atoms with Crippen LogP contribution in [0.4, 0.5) is 0 Å². The van der Waals surface area contributed by atoms with Gasteiger partial charge in [0.25, 0.3) is 11.7 Å². The molecule has 2 aromatic rings. The Kier molecular flexibility index (Phi) is 6.56. The Bertz CT molecular complexity index is 1090. The Morgan fingerprint density at radius 2 is 1.88 bits per heavy atom. The average Bonchev–Trinajstić information content (AvgIpc) is 3.36. The Morgan fingerprint density at radius 3 is 2.55 bits per heavy atom. The number of aliphatic hydroxyl groups excluding tert-OH is 1. The summed E-state index contributed by atoms with van der Waals surface area (Å²) in [6.45, 7) is 6.10. The number of amides is 1. The van der Waals surface area contributed by atoms with Crippen LogP contribution in [0.15, 0.2) is 48.0 Å². The number of ether oxygens (including phenoxy) is 1. The lowest BCUT2D eigenvalue weighted by molar-refractivity contribution is -0.139. The first-order valence-electron chi connectivity index (χ1n) is 11.6. The van der Waals surface area contributed by atoms with Crippen LogP contribution in [-0.2, 0) is 16.0 Å². The molecule has 2 heterocycles. The molecule has 2 aromatic carbocycles. The quantitative estimate of drug-likeness (QED) is 0.392. The second-order valence-corrected chi connectivity index (χ2v) is 9.39. The molecular weight excluding hydrogens is 416 g/mol. The molecule has 174 valence electrons. The fourth-order valence-corrected chi connectivity index (χ4v) is 4.57. The van der Waals surface area contributed by atoms with Gasteiger partial charge in [0.2, 0.25) is 0 Å². The summed E-state index contributed by atoms with van der Waals surface area (Å²) >= 11 is 0. The monoisotopic (exact) mass is 448 g/mol. The first kappa shape index (κ1) is 23.1. The SMILES string of the molecule is CC(C)c1ccc(C2/C(=C(/O)c3ccc4c(c3)CCO4)C(=O)C(=O)N2CCCN(C)C)cc1. The van der Waals surface area contributed by atoms with E-state index in [-0.39, 0.29) is 11.3 Å². The third kappa shape index (κ3) is 4.53. The van der Waals surface area contributed by atoms with Gasteiger partial charge in [0, 0.05) is 18.5 Å². The molecule has 0 spiro atoms. The molecule has 0 aliphatic carbocycles. The van der Waals surface area contributed by atoms with Crippen LogP contribution in [0.25, 0.3) is 5.76 Å². The smallest absolute Gasteiger partial charge is 0.295 e. The molecule has 1 atom stereocenters. The predicted octanol–water partition coefficient (Wildman–Crippen LogP) is 4.12. The van der Waals surface area contributed by atoms with Crippen molar-refractivity contribution in [2.75, 3.05) is 33.8 Å². The fourth-order valence-electron chi connectivity index (χ4n) is 4.57. The van der Waals surface area contributed by atoms with Gasteiger partial charge in [-0.1, -0.05) is 38.1 Å². The van der Waals surface area contributed by atoms with E-state index in [0.29, 0.717) is 24.6 Å². The van der Waals surface area contributed by atoms with Crippen molar-refractivity contribution >= 4 is 17.4 Å². The van der Waals surface area contributed by atoms with Gasteiger partial charge in [-0.05, 0) is 67.9 Å². The van der Waals surface area contributed by atoms with Crippen LogP contribution in [0.5, 0.6) is 5.75 Å². The third-order valence-corrected chi connectivity index (χ3v) is 6.43. The largest absolute Gasteiger partial charge is 0.507 e. The van der Waals surface area contributed by atoms with Gasteiger partial charge in [0.15, 0.2) is 0 Å². The van der Waals surface area contributed by atoms with E-state index in [2.05, 4.69) is 18.7 Å². The van der Waals surface area contributed by atoms with E-state index >= 15 is 0 Å². The molecule has 1 saturated heterocycles. The Labute approximate surface area is 195 Å². The molecule has 1 amide bonds. The molecule has 33 heavy (non-hydrogen) atoms. The summed E-state index contributed by atoms with van der Waals surface area (Å²) in [5, 5.41) is 11.3. The predicted molar refractivity (Wildman–Crippen MR) is 128 cm³/mol. The average molecular weight is 449 g/mol. The van der Waals surface area contributed by atoms with Gasteiger partial charge in [0.1, 0.15) is 11.5 Å². The molecule has 0 aromatic heterocycles. The second-order valence-electron chi connectivity index (χ2n) is 9.39. The number of aliphatic hydroxyl groups is 1. The van der Waals surface area contributed by atoms with Crippen molar-refractivity contribution in [2.24, 2.45) is 0 Å². The maximum absolute atomic E-state index is 13.2. The van der Waals surface area contributed by atoms with Crippen molar-refractivity contribution < 1.29 is 19.4 Å². The molecule has 6 heteroatoms. The van der Waals surface area contributed by atoms with Crippen LogP contribution in [-0.4, -0.2) is 60.4 Å². The van der Waals surface area contributed by atoms with Crippen molar-refractivity contribution in [3.8, 4) is 5.75 Å². The van der Waals surface area contributed by atoms with E-state index in [0.717, 1.165) is 36.3 Å². The number of hydrogen-bond donors (Lipinski definition) is 1. The number of carbonyl (C=O) groups excluding carboxylic acids is 2. The maximum atomic E-state index is 13.2. The Balaban J connectivity index is 1.78. The number of nitrogens with zero attached hydrogens (tertiary/aromatic N) is 2. The summed E-state index contributed by atoms with van der Waals surface area (Å²) in [5.41, 5.74) is 3.70. The van der Waals surface area contributed by atoms with E-state index < -0.39 is 17.7 Å². The molecule has 0 radical (unpaired) electrons. The summed E-state index contributed by atoms with van der Waals surface area (Å²) in [6.07, 6.45) is 1.49. The molecule has 1 N–H and O–H groups in total. The number of carbonyl (C=O) groups is 2. The summed E-state index contributed by atoms with van der Waals surface area (Å²) in [4.78, 5) is 29.9. The minimum atomic E-state index is -0.632. The zero-order chi connectivity index (χ0) is 23.7. The lowest BCUT2D eigenvalue weighted by Gasteiger charge is -2.26. The van der Waals surface area contributed by atoms with Gasteiger partial charge in [-0.3, -0.25) is 9.59 Å². The van der Waals surface area contributed by atoms with Crippen LogP contribution in [0.3, 0.4) is 0 Å². The van der Waals surface area contributed by atoms with Gasteiger partial charge >= 0.3 is 0 Å². The van der Waals surface area contributed by atoms with Crippen LogP contribution < -0.4 is 4.74 Å². The first-order valence-corrected chi connectivity index (χ1v) is 11.6. The molecule has 2 aliphatic rings. The number of Topliss-reactive ketones (excluding diaryl/α,β-unsaturated/α-hetero) is 1. The summed E-state index contributed by atoms with van der Waals surface area (Å²) in [5.74, 6) is -0.142. The molecular formula is C27H32N2O4. The number of benzene rings is 2. The molecule has 4 rings (SSSR count). The second kappa shape index (κ2) is 9.40.